The first-order valence-electron chi connectivity index (χ1n) is 4.54. The van der Waals surface area contributed by atoms with Gasteiger partial charge in [-0.15, -0.1) is 0 Å². The van der Waals surface area contributed by atoms with Gasteiger partial charge in [0.25, 0.3) is 0 Å². The van der Waals surface area contributed by atoms with Crippen LogP contribution in [0.3, 0.4) is 0 Å². The number of anilines is 1. The van der Waals surface area contributed by atoms with Crippen LogP contribution in [-0.4, -0.2) is 18.6 Å². The molecule has 0 spiro atoms. The van der Waals surface area contributed by atoms with Crippen molar-refractivity contribution in [1.29, 1.82) is 0 Å². The second-order valence-electron chi connectivity index (χ2n) is 2.83. The summed E-state index contributed by atoms with van der Waals surface area (Å²) in [5.74, 6) is 0.909. The van der Waals surface area contributed by atoms with Crippen molar-refractivity contribution in [3.8, 4) is 5.75 Å². The predicted molar refractivity (Wildman–Crippen MR) is 60.3 cm³/mol. The minimum Gasteiger partial charge on any atom is -0.494 e. The molecule has 14 heavy (non-hydrogen) atoms. The van der Waals surface area contributed by atoms with E-state index in [2.05, 4.69) is 10.3 Å². The molecule has 0 saturated heterocycles. The molecular weight excluding hydrogens is 196 g/mol. The molecule has 3 nitrogen and oxygen atoms in total. The molecule has 0 amide bonds. The molecule has 0 aliphatic rings. The third kappa shape index (κ3) is 1.65. The Morgan fingerprint density at radius 3 is 3.07 bits per heavy atom. The number of fused-ring (bicyclic) bond motifs is 1. The van der Waals surface area contributed by atoms with Crippen LogP contribution in [0.4, 0.5) is 5.13 Å². The first kappa shape index (κ1) is 9.27. The Hall–Kier alpha value is -1.29. The quantitative estimate of drug-likeness (QED) is 0.842. The lowest BCUT2D eigenvalue weighted by atomic mass is 10.3. The van der Waals surface area contributed by atoms with E-state index in [1.54, 1.807) is 11.3 Å². The molecular formula is C10H12N2OS. The summed E-state index contributed by atoms with van der Waals surface area (Å²) in [5, 5.41) is 3.97. The van der Waals surface area contributed by atoms with Gasteiger partial charge in [0.2, 0.25) is 0 Å². The smallest absolute Gasteiger partial charge is 0.183 e. The van der Waals surface area contributed by atoms with Gasteiger partial charge in [0.15, 0.2) is 5.13 Å². The van der Waals surface area contributed by atoms with Crippen molar-refractivity contribution < 1.29 is 4.74 Å². The Morgan fingerprint density at radius 2 is 2.36 bits per heavy atom. The zero-order valence-corrected chi connectivity index (χ0v) is 9.02. The van der Waals surface area contributed by atoms with Crippen LogP contribution >= 0.6 is 11.3 Å². The summed E-state index contributed by atoms with van der Waals surface area (Å²) >= 11 is 1.64. The number of hydrogen-bond donors (Lipinski definition) is 1. The summed E-state index contributed by atoms with van der Waals surface area (Å²) in [5.41, 5.74) is 1.02. The van der Waals surface area contributed by atoms with Gasteiger partial charge in [0.05, 0.1) is 16.8 Å². The molecule has 0 saturated carbocycles. The Balaban J connectivity index is 2.43. The minimum absolute atomic E-state index is 0.698. The molecule has 1 N–H and O–H groups in total. The molecule has 0 aliphatic heterocycles. The van der Waals surface area contributed by atoms with E-state index >= 15 is 0 Å². The Morgan fingerprint density at radius 1 is 1.50 bits per heavy atom. The standard InChI is InChI=1S/C10H12N2OS/c1-3-13-7-4-5-8-9(6-7)14-10(11-2)12-8/h4-6H,3H2,1-2H3,(H,11,12). The van der Waals surface area contributed by atoms with Gasteiger partial charge in [0, 0.05) is 7.05 Å². The molecule has 2 rings (SSSR count). The summed E-state index contributed by atoms with van der Waals surface area (Å²) in [6.45, 7) is 2.68. The van der Waals surface area contributed by atoms with E-state index < -0.39 is 0 Å². The zero-order chi connectivity index (χ0) is 9.97. The monoisotopic (exact) mass is 208 g/mol. The van der Waals surface area contributed by atoms with Crippen molar-refractivity contribution in [1.82, 2.24) is 4.98 Å². The lowest BCUT2D eigenvalue weighted by Gasteiger charge is -2.00. The van der Waals surface area contributed by atoms with Gasteiger partial charge in [-0.05, 0) is 25.1 Å². The average Bonchev–Trinajstić information content (AvgIpc) is 2.60. The van der Waals surface area contributed by atoms with Gasteiger partial charge in [0.1, 0.15) is 5.75 Å². The maximum Gasteiger partial charge on any atom is 0.183 e. The summed E-state index contributed by atoms with van der Waals surface area (Å²) in [7, 11) is 1.88. The summed E-state index contributed by atoms with van der Waals surface area (Å²) in [6.07, 6.45) is 0. The van der Waals surface area contributed by atoms with E-state index in [1.807, 2.05) is 32.2 Å². The van der Waals surface area contributed by atoms with Gasteiger partial charge in [-0.2, -0.15) is 0 Å². The molecule has 0 aliphatic carbocycles. The van der Waals surface area contributed by atoms with Crippen LogP contribution in [0.15, 0.2) is 18.2 Å². The zero-order valence-electron chi connectivity index (χ0n) is 8.20. The molecule has 0 fully saturated rings. The van der Waals surface area contributed by atoms with Gasteiger partial charge in [-0.3, -0.25) is 0 Å². The van der Waals surface area contributed by atoms with Crippen LogP contribution in [0.2, 0.25) is 0 Å². The third-order valence-corrected chi connectivity index (χ3v) is 2.92. The maximum absolute atomic E-state index is 5.42. The molecule has 0 unspecified atom stereocenters. The van der Waals surface area contributed by atoms with Crippen LogP contribution in [0.1, 0.15) is 6.92 Å². The highest BCUT2D eigenvalue weighted by Crippen LogP contribution is 2.28. The first-order chi connectivity index (χ1) is 6.83. The van der Waals surface area contributed by atoms with Crippen molar-refractivity contribution in [3.63, 3.8) is 0 Å². The van der Waals surface area contributed by atoms with Crippen molar-refractivity contribution in [2.24, 2.45) is 0 Å². The van der Waals surface area contributed by atoms with Crippen LogP contribution in [0.25, 0.3) is 10.2 Å². The third-order valence-electron chi connectivity index (χ3n) is 1.88. The molecule has 1 aromatic heterocycles. The number of benzene rings is 1. The van der Waals surface area contributed by atoms with E-state index in [-0.39, 0.29) is 0 Å². The van der Waals surface area contributed by atoms with E-state index in [9.17, 15) is 0 Å². The van der Waals surface area contributed by atoms with E-state index in [0.717, 1.165) is 21.1 Å². The fraction of sp³-hybridized carbons (Fsp3) is 0.300. The van der Waals surface area contributed by atoms with Gasteiger partial charge in [-0.25, -0.2) is 4.98 Å². The second-order valence-corrected chi connectivity index (χ2v) is 3.86. The Kier molecular flexibility index (Phi) is 2.54. The van der Waals surface area contributed by atoms with Crippen molar-refractivity contribution in [2.45, 2.75) is 6.92 Å². The Bertz CT molecular complexity index is 439. The summed E-state index contributed by atoms with van der Waals surface area (Å²) in [6, 6.07) is 5.96. The molecule has 74 valence electrons. The first-order valence-corrected chi connectivity index (χ1v) is 5.36. The van der Waals surface area contributed by atoms with Crippen molar-refractivity contribution >= 4 is 26.7 Å². The Labute approximate surface area is 86.7 Å². The lowest BCUT2D eigenvalue weighted by Crippen LogP contribution is -1.89. The summed E-state index contributed by atoms with van der Waals surface area (Å²) in [4.78, 5) is 4.38. The molecule has 4 heteroatoms. The van der Waals surface area contributed by atoms with Gasteiger partial charge in [-0.1, -0.05) is 11.3 Å². The van der Waals surface area contributed by atoms with E-state index in [4.69, 9.17) is 4.74 Å². The predicted octanol–water partition coefficient (Wildman–Crippen LogP) is 2.74. The molecule has 0 radical (unpaired) electrons. The maximum atomic E-state index is 5.42. The highest BCUT2D eigenvalue weighted by molar-refractivity contribution is 7.22. The number of thiazole rings is 1. The number of nitrogens with zero attached hydrogens (tertiary/aromatic N) is 1. The largest absolute Gasteiger partial charge is 0.494 e. The molecule has 0 bridgehead atoms. The number of nitrogens with one attached hydrogen (secondary N) is 1. The van der Waals surface area contributed by atoms with Crippen LogP contribution in [0.5, 0.6) is 5.75 Å². The van der Waals surface area contributed by atoms with Crippen LogP contribution in [-0.2, 0) is 0 Å². The van der Waals surface area contributed by atoms with Crippen LogP contribution in [0, 0.1) is 0 Å². The number of ether oxygens (including phenoxy) is 1. The number of rotatable bonds is 3. The lowest BCUT2D eigenvalue weighted by molar-refractivity contribution is 0.341. The van der Waals surface area contributed by atoms with E-state index in [0.29, 0.717) is 6.61 Å². The SMILES string of the molecule is CCOc1ccc2nc(NC)sc2c1. The number of aromatic nitrogens is 1. The second kappa shape index (κ2) is 3.84. The fourth-order valence-electron chi connectivity index (χ4n) is 1.27. The average molecular weight is 208 g/mol. The van der Waals surface area contributed by atoms with Gasteiger partial charge >= 0.3 is 0 Å². The minimum atomic E-state index is 0.698. The highest BCUT2D eigenvalue weighted by atomic mass is 32.1. The number of hydrogen-bond acceptors (Lipinski definition) is 4. The fourth-order valence-corrected chi connectivity index (χ4v) is 2.12. The normalized spacial score (nSPS) is 10.4. The molecule has 1 heterocycles. The topological polar surface area (TPSA) is 34.1 Å². The summed E-state index contributed by atoms with van der Waals surface area (Å²) < 4.78 is 6.57. The molecule has 1 aromatic carbocycles. The molecule has 0 atom stereocenters. The highest BCUT2D eigenvalue weighted by Gasteiger charge is 2.03. The van der Waals surface area contributed by atoms with E-state index in [1.165, 1.54) is 0 Å². The van der Waals surface area contributed by atoms with Gasteiger partial charge < -0.3 is 10.1 Å². The molecule has 2 aromatic rings. The van der Waals surface area contributed by atoms with Crippen molar-refractivity contribution in [2.75, 3.05) is 19.0 Å². The van der Waals surface area contributed by atoms with Crippen molar-refractivity contribution in [3.05, 3.63) is 18.2 Å². The van der Waals surface area contributed by atoms with Crippen LogP contribution < -0.4 is 10.1 Å².